The molecule has 0 aliphatic carbocycles. The van der Waals surface area contributed by atoms with Gasteiger partial charge in [-0.25, -0.2) is 13.6 Å². The molecule has 2 N–H and O–H groups in total. The molecular weight excluding hydrogens is 755 g/mol. The number of anilines is 4. The van der Waals surface area contributed by atoms with Crippen molar-refractivity contribution in [2.45, 2.75) is 19.1 Å². The number of nitrogens with one attached hydrogen (secondary N) is 1. The third-order valence-corrected chi connectivity index (χ3v) is 8.01. The number of aliphatic carboxylic acids is 1. The molecule has 4 heterocycles. The second-order valence-corrected chi connectivity index (χ2v) is 10.4. The van der Waals surface area contributed by atoms with E-state index in [4.69, 9.17) is 15.2 Å². The minimum atomic E-state index is -1.27. The van der Waals surface area contributed by atoms with Gasteiger partial charge < -0.3 is 35.0 Å². The molecule has 1 amide bonds. The second-order valence-electron chi connectivity index (χ2n) is 10.4. The Morgan fingerprint density at radius 1 is 1.05 bits per heavy atom. The number of amides is 1. The van der Waals surface area contributed by atoms with Gasteiger partial charge in [-0.05, 0) is 31.2 Å². The Morgan fingerprint density at radius 2 is 1.76 bits per heavy atom. The number of cyclic esters (lactones) is 1. The molecule has 0 spiro atoms. The maximum atomic E-state index is 15.6. The van der Waals surface area contributed by atoms with Crippen molar-refractivity contribution in [3.8, 4) is 5.75 Å². The standard InChI is InChI=1S/C27H28F2N5O6.Ac/c1-14-13-39-25-22-17(24(35)18(26(36)37)12-33(14)22)9-20(29)23(25)32-6-4-31(5-7-32)21-3-2-15(8-19(21)28)34-11-16(10-30)40-27(34)38;/h2-3,8-9,14,16,18,30H,4-7,10-13H2,1H3,(H,36,37);/q-1;. The van der Waals surface area contributed by atoms with Crippen LogP contribution < -0.4 is 24.3 Å². The van der Waals surface area contributed by atoms with E-state index in [2.05, 4.69) is 0 Å². The van der Waals surface area contributed by atoms with E-state index in [1.54, 1.807) is 17.0 Å². The number of hydrogen-bond acceptors (Lipinski definition) is 8. The topological polar surface area (TPSA) is 127 Å². The van der Waals surface area contributed by atoms with E-state index in [-0.39, 0.29) is 93.3 Å². The Labute approximate surface area is 270 Å². The molecule has 0 saturated carbocycles. The SMILES string of the molecule is CC1COc2c(N3CCN(c4ccc(N5CC(C[NH-])OC5=O)cc4F)CC3)c(F)cc3c2N1CC(C(=O)O)C3=O.[Ac]. The van der Waals surface area contributed by atoms with Crippen LogP contribution in [0.2, 0.25) is 0 Å². The summed E-state index contributed by atoms with van der Waals surface area (Å²) in [7, 11) is 0. The van der Waals surface area contributed by atoms with Crippen molar-refractivity contribution in [3.05, 3.63) is 47.2 Å². The summed E-state index contributed by atoms with van der Waals surface area (Å²) in [4.78, 5) is 43.4. The van der Waals surface area contributed by atoms with Gasteiger partial charge in [-0.1, -0.05) is 0 Å². The molecule has 11 nitrogen and oxygen atoms in total. The molecule has 2 fully saturated rings. The van der Waals surface area contributed by atoms with Gasteiger partial charge in [-0.15, -0.1) is 6.54 Å². The summed E-state index contributed by atoms with van der Waals surface area (Å²) in [5.74, 6) is -4.10. The van der Waals surface area contributed by atoms with Crippen LogP contribution in [0, 0.1) is 61.6 Å². The molecule has 0 aromatic heterocycles. The van der Waals surface area contributed by atoms with E-state index in [1.807, 2.05) is 16.7 Å². The van der Waals surface area contributed by atoms with Gasteiger partial charge in [0.1, 0.15) is 30.1 Å². The predicted molar refractivity (Wildman–Crippen MR) is 142 cm³/mol. The molecule has 1 radical (unpaired) electrons. The monoisotopic (exact) mass is 783 g/mol. The van der Waals surface area contributed by atoms with Crippen molar-refractivity contribution in [2.24, 2.45) is 5.92 Å². The van der Waals surface area contributed by atoms with Gasteiger partial charge in [-0.2, -0.15) is 0 Å². The van der Waals surface area contributed by atoms with Gasteiger partial charge in [0.05, 0.1) is 29.6 Å². The Hall–Kier alpha value is -2.69. The van der Waals surface area contributed by atoms with Crippen LogP contribution in [0.1, 0.15) is 17.3 Å². The number of carbonyl (C=O) groups is 3. The van der Waals surface area contributed by atoms with Crippen LogP contribution in [-0.4, -0.2) is 87.5 Å². The van der Waals surface area contributed by atoms with Crippen LogP contribution in [0.4, 0.5) is 36.3 Å². The molecular formula is C27H28AcF2N5O6-. The zero-order valence-electron chi connectivity index (χ0n) is 22.3. The summed E-state index contributed by atoms with van der Waals surface area (Å²) >= 11 is 0. The Bertz CT molecular complexity index is 1400. The Morgan fingerprint density at radius 3 is 2.39 bits per heavy atom. The zero-order valence-corrected chi connectivity index (χ0v) is 27.1. The number of benzene rings is 2. The summed E-state index contributed by atoms with van der Waals surface area (Å²) in [6.07, 6.45) is -1.15. The second kappa shape index (κ2) is 11.5. The fourth-order valence-corrected chi connectivity index (χ4v) is 5.88. The summed E-state index contributed by atoms with van der Waals surface area (Å²) in [6, 6.07) is 5.42. The fourth-order valence-electron chi connectivity index (χ4n) is 5.88. The van der Waals surface area contributed by atoms with Gasteiger partial charge in [0, 0.05) is 82.3 Å². The van der Waals surface area contributed by atoms with Crippen LogP contribution in [0.25, 0.3) is 5.73 Å². The number of carboxylic acids is 1. The molecule has 0 bridgehead atoms. The Kier molecular flexibility index (Phi) is 8.38. The van der Waals surface area contributed by atoms with Crippen LogP contribution in [-0.2, 0) is 9.53 Å². The van der Waals surface area contributed by atoms with Crippen LogP contribution in [0.15, 0.2) is 24.3 Å². The van der Waals surface area contributed by atoms with Gasteiger partial charge in [0.15, 0.2) is 17.3 Å². The van der Waals surface area contributed by atoms with Crippen molar-refractivity contribution in [1.29, 1.82) is 0 Å². The van der Waals surface area contributed by atoms with E-state index in [0.29, 0.717) is 43.2 Å². The third kappa shape index (κ3) is 5.12. The average Bonchev–Trinajstić information content (AvgIpc) is 3.32. The van der Waals surface area contributed by atoms with Crippen LogP contribution in [0.3, 0.4) is 0 Å². The molecule has 6 rings (SSSR count). The molecule has 2 aromatic rings. The van der Waals surface area contributed by atoms with E-state index in [0.717, 1.165) is 6.07 Å². The van der Waals surface area contributed by atoms with Crippen molar-refractivity contribution in [2.75, 3.05) is 72.0 Å². The van der Waals surface area contributed by atoms with Gasteiger partial charge >= 0.3 is 12.1 Å². The number of nitrogens with zero attached hydrogens (tertiary/aromatic N) is 4. The molecule has 3 atom stereocenters. The molecule has 4 aliphatic rings. The summed E-state index contributed by atoms with van der Waals surface area (Å²) in [5, 5.41) is 9.55. The first kappa shape index (κ1) is 29.8. The molecule has 3 unspecified atom stereocenters. The fraction of sp³-hybridized carbons (Fsp3) is 0.444. The van der Waals surface area contributed by atoms with Crippen molar-refractivity contribution < 1.29 is 81.8 Å². The molecule has 41 heavy (non-hydrogen) atoms. The summed E-state index contributed by atoms with van der Waals surface area (Å²) in [6.45, 7) is 3.63. The number of hydrogen-bond donors (Lipinski definition) is 1. The van der Waals surface area contributed by atoms with Gasteiger partial charge in [-0.3, -0.25) is 14.5 Å². The van der Waals surface area contributed by atoms with Crippen LogP contribution >= 0.6 is 0 Å². The smallest absolute Gasteiger partial charge is 0.414 e. The maximum Gasteiger partial charge on any atom is 0.414 e. The van der Waals surface area contributed by atoms with Crippen LogP contribution in [0.5, 0.6) is 5.75 Å². The predicted octanol–water partition coefficient (Wildman–Crippen LogP) is 3.15. The molecule has 2 saturated heterocycles. The number of ether oxygens (including phenoxy) is 2. The first-order valence-electron chi connectivity index (χ1n) is 13.1. The molecule has 4 aliphatic heterocycles. The average molecular weight is 784 g/mol. The number of piperazine rings is 1. The number of halogens is 2. The number of rotatable bonds is 5. The Balaban J connectivity index is 0.00000337. The quantitative estimate of drug-likeness (QED) is 0.456. The number of carboxylic acid groups (broad SMARTS) is 1. The molecule has 14 heteroatoms. The van der Waals surface area contributed by atoms with E-state index >= 15 is 8.78 Å². The normalized spacial score (nSPS) is 23.6. The zero-order chi connectivity index (χ0) is 28.3. The van der Waals surface area contributed by atoms with Crippen molar-refractivity contribution in [3.63, 3.8) is 0 Å². The minimum absolute atomic E-state index is 0. The summed E-state index contributed by atoms with van der Waals surface area (Å²) < 4.78 is 41.8. The minimum Gasteiger partial charge on any atom is -0.674 e. The molecule has 215 valence electrons. The first-order valence-corrected chi connectivity index (χ1v) is 13.1. The van der Waals surface area contributed by atoms with E-state index < -0.39 is 41.5 Å². The largest absolute Gasteiger partial charge is 0.674 e. The first-order chi connectivity index (χ1) is 19.2. The van der Waals surface area contributed by atoms with Gasteiger partial charge in [0.25, 0.3) is 0 Å². The van der Waals surface area contributed by atoms with Crippen molar-refractivity contribution >= 4 is 40.6 Å². The number of Topliss-reactive ketones (excluding diaryl/α,β-unsaturated/α-hetero) is 1. The van der Waals surface area contributed by atoms with E-state index in [9.17, 15) is 19.5 Å². The third-order valence-electron chi connectivity index (χ3n) is 8.01. The number of carbonyl (C=O) groups excluding carboxylic acids is 2. The molecule has 2 aromatic carbocycles. The maximum absolute atomic E-state index is 15.6. The summed E-state index contributed by atoms with van der Waals surface area (Å²) in [5.41, 5.74) is 8.76. The number of ketones is 1. The van der Waals surface area contributed by atoms with Gasteiger partial charge in [0.2, 0.25) is 0 Å². The van der Waals surface area contributed by atoms with Crippen molar-refractivity contribution in [1.82, 2.24) is 0 Å². The van der Waals surface area contributed by atoms with E-state index in [1.165, 1.54) is 11.0 Å².